The number of benzene rings is 1. The van der Waals surface area contributed by atoms with Gasteiger partial charge in [-0.3, -0.25) is 4.79 Å². The van der Waals surface area contributed by atoms with E-state index >= 15 is 0 Å². The first-order chi connectivity index (χ1) is 13.3. The van der Waals surface area contributed by atoms with E-state index in [4.69, 9.17) is 26.3 Å². The maximum atomic E-state index is 13.0. The molecule has 4 rings (SSSR count). The minimum Gasteiger partial charge on any atom is -0.486 e. The molecule has 10 heteroatoms. The molecule has 3 aliphatic rings. The highest BCUT2D eigenvalue weighted by atomic mass is 35.5. The Balaban J connectivity index is 1.43. The molecule has 28 heavy (non-hydrogen) atoms. The van der Waals surface area contributed by atoms with Crippen LogP contribution in [0.2, 0.25) is 5.02 Å². The van der Waals surface area contributed by atoms with Crippen LogP contribution in [0.5, 0.6) is 5.75 Å². The highest BCUT2D eigenvalue weighted by molar-refractivity contribution is 7.92. The number of hydrogen-bond donors (Lipinski definition) is 2. The van der Waals surface area contributed by atoms with E-state index < -0.39 is 26.7 Å². The average Bonchev–Trinajstić information content (AvgIpc) is 3.20. The SMILES string of the molecule is N#CC1(NC(=O)C2CC(S(=O)(=O)c3ccc(OC4COC4)cc3Cl)CN2)CC1. The van der Waals surface area contributed by atoms with Crippen LogP contribution >= 0.6 is 11.6 Å². The molecule has 1 aromatic carbocycles. The van der Waals surface area contributed by atoms with Crippen molar-refractivity contribution in [2.75, 3.05) is 19.8 Å². The van der Waals surface area contributed by atoms with E-state index in [9.17, 15) is 13.2 Å². The number of amides is 1. The van der Waals surface area contributed by atoms with Gasteiger partial charge in [0, 0.05) is 12.6 Å². The van der Waals surface area contributed by atoms with E-state index in [0.717, 1.165) is 0 Å². The van der Waals surface area contributed by atoms with Crippen molar-refractivity contribution in [2.24, 2.45) is 0 Å². The second-order valence-electron chi connectivity index (χ2n) is 7.42. The summed E-state index contributed by atoms with van der Waals surface area (Å²) in [6.07, 6.45) is 1.34. The zero-order chi connectivity index (χ0) is 19.9. The van der Waals surface area contributed by atoms with Gasteiger partial charge < -0.3 is 20.1 Å². The van der Waals surface area contributed by atoms with E-state index in [1.54, 1.807) is 6.07 Å². The topological polar surface area (TPSA) is 118 Å². The van der Waals surface area contributed by atoms with Crippen molar-refractivity contribution >= 4 is 27.3 Å². The Morgan fingerprint density at radius 2 is 2.14 bits per heavy atom. The zero-order valence-corrected chi connectivity index (χ0v) is 16.6. The quantitative estimate of drug-likeness (QED) is 0.691. The molecule has 2 atom stereocenters. The second kappa shape index (κ2) is 7.19. The number of carbonyl (C=O) groups excluding carboxylic acids is 1. The normalized spacial score (nSPS) is 26.1. The maximum Gasteiger partial charge on any atom is 0.238 e. The first-order valence-electron chi connectivity index (χ1n) is 9.07. The Labute approximate surface area is 168 Å². The predicted molar refractivity (Wildman–Crippen MR) is 99.8 cm³/mol. The van der Waals surface area contributed by atoms with Gasteiger partial charge in [0.15, 0.2) is 9.84 Å². The Bertz CT molecular complexity index is 937. The van der Waals surface area contributed by atoms with Crippen LogP contribution < -0.4 is 15.4 Å². The van der Waals surface area contributed by atoms with Crippen molar-refractivity contribution in [1.29, 1.82) is 5.26 Å². The molecule has 8 nitrogen and oxygen atoms in total. The van der Waals surface area contributed by atoms with Gasteiger partial charge in [-0.1, -0.05) is 11.6 Å². The van der Waals surface area contributed by atoms with E-state index in [2.05, 4.69) is 16.7 Å². The molecule has 2 N–H and O–H groups in total. The van der Waals surface area contributed by atoms with Crippen molar-refractivity contribution < 1.29 is 22.7 Å². The smallest absolute Gasteiger partial charge is 0.238 e. The molecule has 0 bridgehead atoms. The molecule has 1 saturated carbocycles. The monoisotopic (exact) mass is 425 g/mol. The summed E-state index contributed by atoms with van der Waals surface area (Å²) >= 11 is 6.22. The molecule has 1 amide bonds. The van der Waals surface area contributed by atoms with E-state index in [-0.39, 0.29) is 34.9 Å². The zero-order valence-electron chi connectivity index (χ0n) is 15.0. The molecule has 3 fully saturated rings. The van der Waals surface area contributed by atoms with Crippen LogP contribution in [0, 0.1) is 11.3 Å². The maximum absolute atomic E-state index is 13.0. The number of sulfone groups is 1. The van der Waals surface area contributed by atoms with Crippen LogP contribution in [0.15, 0.2) is 23.1 Å². The Morgan fingerprint density at radius 3 is 2.71 bits per heavy atom. The summed E-state index contributed by atoms with van der Waals surface area (Å²) in [4.78, 5) is 12.4. The fourth-order valence-electron chi connectivity index (χ4n) is 3.29. The van der Waals surface area contributed by atoms with Crippen LogP contribution in [0.25, 0.3) is 0 Å². The third kappa shape index (κ3) is 3.70. The van der Waals surface area contributed by atoms with Crippen molar-refractivity contribution in [3.05, 3.63) is 23.2 Å². The van der Waals surface area contributed by atoms with Gasteiger partial charge >= 0.3 is 0 Å². The lowest BCUT2D eigenvalue weighted by Gasteiger charge is -2.26. The summed E-state index contributed by atoms with van der Waals surface area (Å²) in [6, 6.07) is 5.95. The molecule has 0 radical (unpaired) electrons. The molecule has 2 saturated heterocycles. The number of nitrogens with zero attached hydrogens (tertiary/aromatic N) is 1. The number of halogens is 1. The largest absolute Gasteiger partial charge is 0.486 e. The lowest BCUT2D eigenvalue weighted by Crippen LogP contribution is -2.45. The minimum atomic E-state index is -3.73. The lowest BCUT2D eigenvalue weighted by molar-refractivity contribution is -0.123. The highest BCUT2D eigenvalue weighted by Crippen LogP contribution is 2.35. The standard InChI is InChI=1S/C18H20ClN3O5S/c19-14-5-11(27-12-8-26-9-12)1-2-16(14)28(24,25)13-6-15(21-7-13)17(23)22-18(10-20)3-4-18/h1-2,5,12-13,15,21H,3-4,6-9H2,(H,22,23). The molecular formula is C18H20ClN3O5S. The second-order valence-corrected chi connectivity index (χ2v) is 10.0. The van der Waals surface area contributed by atoms with Gasteiger partial charge in [-0.05, 0) is 31.4 Å². The molecule has 2 unspecified atom stereocenters. The van der Waals surface area contributed by atoms with Crippen LogP contribution in [0.1, 0.15) is 19.3 Å². The van der Waals surface area contributed by atoms with Gasteiger partial charge in [-0.25, -0.2) is 8.42 Å². The van der Waals surface area contributed by atoms with Gasteiger partial charge in [-0.2, -0.15) is 5.26 Å². The minimum absolute atomic E-state index is 0.0231. The molecule has 0 spiro atoms. The number of rotatable bonds is 6. The van der Waals surface area contributed by atoms with Crippen molar-refractivity contribution in [2.45, 2.75) is 47.1 Å². The Hall–Kier alpha value is -1.86. The highest BCUT2D eigenvalue weighted by Gasteiger charge is 2.47. The van der Waals surface area contributed by atoms with Crippen molar-refractivity contribution in [3.63, 3.8) is 0 Å². The number of ether oxygens (including phenoxy) is 2. The van der Waals surface area contributed by atoms with Gasteiger partial charge in [0.1, 0.15) is 17.4 Å². The Kier molecular flexibility index (Phi) is 5.00. The molecule has 1 aliphatic carbocycles. The van der Waals surface area contributed by atoms with Gasteiger partial charge in [-0.15, -0.1) is 0 Å². The first kappa shape index (κ1) is 19.5. The van der Waals surface area contributed by atoms with Gasteiger partial charge in [0.25, 0.3) is 0 Å². The molecule has 2 aliphatic heterocycles. The van der Waals surface area contributed by atoms with Crippen LogP contribution in [0.4, 0.5) is 0 Å². The van der Waals surface area contributed by atoms with Gasteiger partial charge in [0.2, 0.25) is 5.91 Å². The molecule has 0 aromatic heterocycles. The molecule has 150 valence electrons. The number of nitrogens with one attached hydrogen (secondary N) is 2. The van der Waals surface area contributed by atoms with E-state index in [0.29, 0.717) is 31.8 Å². The summed E-state index contributed by atoms with van der Waals surface area (Å²) in [5.74, 6) is 0.152. The molecule has 1 aromatic rings. The van der Waals surface area contributed by atoms with Crippen molar-refractivity contribution in [1.82, 2.24) is 10.6 Å². The number of hydrogen-bond acceptors (Lipinski definition) is 7. The lowest BCUT2D eigenvalue weighted by atomic mass is 10.2. The summed E-state index contributed by atoms with van der Waals surface area (Å²) in [5.41, 5.74) is -0.777. The third-order valence-electron chi connectivity index (χ3n) is 5.29. The van der Waals surface area contributed by atoms with Crippen LogP contribution in [0.3, 0.4) is 0 Å². The Morgan fingerprint density at radius 1 is 1.39 bits per heavy atom. The summed E-state index contributed by atoms with van der Waals surface area (Å²) in [7, 11) is -3.73. The summed E-state index contributed by atoms with van der Waals surface area (Å²) in [6.45, 7) is 1.15. The predicted octanol–water partition coefficient (Wildman–Crippen LogP) is 0.794. The fraction of sp³-hybridized carbons (Fsp3) is 0.556. The first-order valence-corrected chi connectivity index (χ1v) is 11.0. The molecular weight excluding hydrogens is 406 g/mol. The van der Waals surface area contributed by atoms with Crippen molar-refractivity contribution in [3.8, 4) is 11.8 Å². The van der Waals surface area contributed by atoms with Gasteiger partial charge in [0.05, 0.1) is 40.5 Å². The molecule has 2 heterocycles. The average molecular weight is 426 g/mol. The summed E-state index contributed by atoms with van der Waals surface area (Å²) in [5, 5.41) is 14.1. The van der Waals surface area contributed by atoms with E-state index in [1.165, 1.54) is 12.1 Å². The van der Waals surface area contributed by atoms with Crippen LogP contribution in [-0.2, 0) is 19.4 Å². The fourth-order valence-corrected chi connectivity index (χ4v) is 5.49. The van der Waals surface area contributed by atoms with Crippen LogP contribution in [-0.4, -0.2) is 57.0 Å². The number of nitriles is 1. The third-order valence-corrected chi connectivity index (χ3v) is 7.92. The summed E-state index contributed by atoms with van der Waals surface area (Å²) < 4.78 is 36.7. The number of carbonyl (C=O) groups is 1. The van der Waals surface area contributed by atoms with E-state index in [1.807, 2.05) is 0 Å².